The highest BCUT2D eigenvalue weighted by Crippen LogP contribution is 2.42. The van der Waals surface area contributed by atoms with Gasteiger partial charge in [-0.05, 0) is 60.7 Å². The van der Waals surface area contributed by atoms with Gasteiger partial charge in [0.1, 0.15) is 11.5 Å². The molecule has 0 saturated carbocycles. The molecule has 1 amide bonds. The minimum absolute atomic E-state index is 0.0181. The highest BCUT2D eigenvalue weighted by molar-refractivity contribution is 6.46. The maximum atomic E-state index is 13.2. The number of methoxy groups -OCH3 is 2. The van der Waals surface area contributed by atoms with E-state index in [0.29, 0.717) is 42.4 Å². The van der Waals surface area contributed by atoms with Crippen molar-refractivity contribution in [3.8, 4) is 17.2 Å². The third kappa shape index (κ3) is 5.59. The Bertz CT molecular complexity index is 1120. The summed E-state index contributed by atoms with van der Waals surface area (Å²) in [5.41, 5.74) is 1.72. The number of phenolic OH excluding ortho intramolecular Hbond substituents is 1. The number of amides is 1. The van der Waals surface area contributed by atoms with Gasteiger partial charge in [0.05, 0.1) is 25.3 Å². The van der Waals surface area contributed by atoms with Crippen molar-refractivity contribution in [1.82, 2.24) is 4.90 Å². The highest BCUT2D eigenvalue weighted by Gasteiger charge is 2.46. The van der Waals surface area contributed by atoms with Crippen molar-refractivity contribution in [1.29, 1.82) is 0 Å². The first-order valence-electron chi connectivity index (χ1n) is 11.6. The van der Waals surface area contributed by atoms with Gasteiger partial charge in [-0.1, -0.05) is 19.9 Å². The smallest absolute Gasteiger partial charge is 0.295 e. The number of likely N-dealkylation sites (tertiary alicyclic amines) is 1. The summed E-state index contributed by atoms with van der Waals surface area (Å²) < 4.78 is 16.2. The normalized spacial score (nSPS) is 17.3. The number of ether oxygens (including phenoxy) is 3. The molecule has 1 aliphatic heterocycles. The molecule has 2 aromatic carbocycles. The zero-order valence-corrected chi connectivity index (χ0v) is 20.8. The van der Waals surface area contributed by atoms with Crippen LogP contribution in [0, 0.1) is 12.8 Å². The first kappa shape index (κ1) is 26.1. The van der Waals surface area contributed by atoms with Gasteiger partial charge in [-0.3, -0.25) is 9.59 Å². The molecular weight excluding hydrogens is 450 g/mol. The second kappa shape index (κ2) is 11.3. The fourth-order valence-corrected chi connectivity index (χ4v) is 4.07. The summed E-state index contributed by atoms with van der Waals surface area (Å²) in [6, 6.07) is 8.92. The van der Waals surface area contributed by atoms with E-state index in [1.165, 1.54) is 18.1 Å². The number of rotatable bonds is 10. The van der Waals surface area contributed by atoms with E-state index in [1.807, 2.05) is 6.92 Å². The minimum Gasteiger partial charge on any atom is -0.507 e. The van der Waals surface area contributed by atoms with Crippen LogP contribution >= 0.6 is 0 Å². The zero-order chi connectivity index (χ0) is 25.7. The highest BCUT2D eigenvalue weighted by atomic mass is 16.5. The number of carbonyl (C=O) groups is 2. The van der Waals surface area contributed by atoms with Gasteiger partial charge in [0.15, 0.2) is 11.5 Å². The van der Waals surface area contributed by atoms with E-state index in [0.717, 1.165) is 5.56 Å². The Kier molecular flexibility index (Phi) is 8.40. The van der Waals surface area contributed by atoms with Crippen molar-refractivity contribution in [2.75, 3.05) is 34.0 Å². The number of hydrogen-bond acceptors (Lipinski definition) is 7. The molecule has 8 nitrogen and oxygen atoms in total. The monoisotopic (exact) mass is 483 g/mol. The molecular formula is C27H33NO7. The van der Waals surface area contributed by atoms with Gasteiger partial charge in [-0.15, -0.1) is 0 Å². The van der Waals surface area contributed by atoms with E-state index >= 15 is 0 Å². The predicted molar refractivity (Wildman–Crippen MR) is 132 cm³/mol. The Hall–Kier alpha value is -3.52. The van der Waals surface area contributed by atoms with Gasteiger partial charge in [0.25, 0.3) is 11.7 Å². The number of aliphatic hydroxyl groups excluding tert-OH is 1. The molecule has 1 atom stereocenters. The predicted octanol–water partition coefficient (Wildman–Crippen LogP) is 4.20. The molecule has 1 fully saturated rings. The topological polar surface area (TPSA) is 106 Å². The quantitative estimate of drug-likeness (QED) is 0.226. The van der Waals surface area contributed by atoms with Crippen LogP contribution in [-0.4, -0.2) is 60.8 Å². The number of Topliss-reactive ketones (excluding diaryl/α,β-unsaturated/α-hetero) is 1. The number of aryl methyl sites for hydroxylation is 1. The lowest BCUT2D eigenvalue weighted by molar-refractivity contribution is -0.140. The molecule has 1 saturated heterocycles. The maximum Gasteiger partial charge on any atom is 0.295 e. The third-order valence-corrected chi connectivity index (χ3v) is 5.83. The Labute approximate surface area is 205 Å². The molecule has 188 valence electrons. The van der Waals surface area contributed by atoms with Gasteiger partial charge in [0, 0.05) is 25.8 Å². The van der Waals surface area contributed by atoms with Gasteiger partial charge in [-0.25, -0.2) is 0 Å². The Morgan fingerprint density at radius 3 is 2.46 bits per heavy atom. The number of carbonyl (C=O) groups excluding carboxylic acids is 2. The first-order valence-corrected chi connectivity index (χ1v) is 11.6. The standard InChI is InChI=1S/C27H33NO7/c1-16(2)15-35-21-10-8-19(13-17(21)3)25(30)23-24(18-7-9-20(29)22(14-18)34-5)28(11-6-12-33-4)27(32)26(23)31/h7-10,13-14,16,24,29-30H,6,11-12,15H2,1-5H3/b25-23+/t24-/m0/s1. The van der Waals surface area contributed by atoms with Crippen molar-refractivity contribution in [3.05, 3.63) is 58.7 Å². The largest absolute Gasteiger partial charge is 0.507 e. The van der Waals surface area contributed by atoms with Crippen LogP contribution in [0.25, 0.3) is 5.76 Å². The molecule has 0 bridgehead atoms. The van der Waals surface area contributed by atoms with Crippen LogP contribution in [0.3, 0.4) is 0 Å². The van der Waals surface area contributed by atoms with E-state index in [2.05, 4.69) is 13.8 Å². The molecule has 2 N–H and O–H groups in total. The van der Waals surface area contributed by atoms with Crippen LogP contribution in [-0.2, 0) is 14.3 Å². The van der Waals surface area contributed by atoms with Crippen LogP contribution < -0.4 is 9.47 Å². The summed E-state index contributed by atoms with van der Waals surface area (Å²) in [4.78, 5) is 27.6. The van der Waals surface area contributed by atoms with Crippen molar-refractivity contribution in [3.63, 3.8) is 0 Å². The van der Waals surface area contributed by atoms with Crippen molar-refractivity contribution in [2.45, 2.75) is 33.2 Å². The molecule has 2 aromatic rings. The van der Waals surface area contributed by atoms with Crippen LogP contribution in [0.1, 0.15) is 43.0 Å². The van der Waals surface area contributed by atoms with Crippen molar-refractivity contribution >= 4 is 17.4 Å². The van der Waals surface area contributed by atoms with Gasteiger partial charge < -0.3 is 29.3 Å². The lowest BCUT2D eigenvalue weighted by Crippen LogP contribution is -2.31. The van der Waals surface area contributed by atoms with Crippen molar-refractivity contribution in [2.24, 2.45) is 5.92 Å². The number of ketones is 1. The second-order valence-electron chi connectivity index (χ2n) is 8.96. The van der Waals surface area contributed by atoms with Crippen LogP contribution in [0.5, 0.6) is 17.2 Å². The molecule has 0 radical (unpaired) electrons. The molecule has 1 heterocycles. The van der Waals surface area contributed by atoms with E-state index in [9.17, 15) is 19.8 Å². The first-order chi connectivity index (χ1) is 16.7. The molecule has 0 aliphatic carbocycles. The number of hydrogen-bond donors (Lipinski definition) is 2. The summed E-state index contributed by atoms with van der Waals surface area (Å²) in [7, 11) is 2.98. The van der Waals surface area contributed by atoms with Crippen LogP contribution in [0.4, 0.5) is 0 Å². The summed E-state index contributed by atoms with van der Waals surface area (Å²) >= 11 is 0. The lowest BCUT2D eigenvalue weighted by Gasteiger charge is -2.25. The Morgan fingerprint density at radius 1 is 1.09 bits per heavy atom. The van der Waals surface area contributed by atoms with E-state index in [4.69, 9.17) is 14.2 Å². The Morgan fingerprint density at radius 2 is 1.83 bits per heavy atom. The number of aliphatic hydroxyl groups is 1. The molecule has 1 aliphatic rings. The SMILES string of the molecule is COCCCN1C(=O)C(=O)/C(=C(/O)c2ccc(OCC(C)C)c(C)c2)[C@@H]1c1ccc(O)c(OC)c1. The maximum absolute atomic E-state index is 13.2. The van der Waals surface area contributed by atoms with Gasteiger partial charge in [-0.2, -0.15) is 0 Å². The molecule has 3 rings (SSSR count). The van der Waals surface area contributed by atoms with Crippen molar-refractivity contribution < 1.29 is 34.0 Å². The molecule has 0 spiro atoms. The zero-order valence-electron chi connectivity index (χ0n) is 20.8. The average molecular weight is 484 g/mol. The number of benzene rings is 2. The van der Waals surface area contributed by atoms with Crippen LogP contribution in [0.15, 0.2) is 42.0 Å². The second-order valence-corrected chi connectivity index (χ2v) is 8.96. The summed E-state index contributed by atoms with van der Waals surface area (Å²) in [6.07, 6.45) is 0.510. The van der Waals surface area contributed by atoms with E-state index in [1.54, 1.807) is 37.4 Å². The van der Waals surface area contributed by atoms with Crippen LogP contribution in [0.2, 0.25) is 0 Å². The summed E-state index contributed by atoms with van der Waals surface area (Å²) in [6.45, 7) is 7.19. The molecule has 0 unspecified atom stereocenters. The fraction of sp³-hybridized carbons (Fsp3) is 0.407. The number of aromatic hydroxyl groups is 1. The average Bonchev–Trinajstić information content (AvgIpc) is 3.08. The van der Waals surface area contributed by atoms with Gasteiger partial charge in [0.2, 0.25) is 0 Å². The molecule has 0 aromatic heterocycles. The van der Waals surface area contributed by atoms with Gasteiger partial charge >= 0.3 is 0 Å². The number of nitrogens with zero attached hydrogens (tertiary/aromatic N) is 1. The Balaban J connectivity index is 2.10. The molecule has 8 heteroatoms. The third-order valence-electron chi connectivity index (χ3n) is 5.83. The summed E-state index contributed by atoms with van der Waals surface area (Å²) in [5.74, 6) is -0.558. The van der Waals surface area contributed by atoms with E-state index in [-0.39, 0.29) is 29.4 Å². The summed E-state index contributed by atoms with van der Waals surface area (Å²) in [5, 5.41) is 21.3. The fourth-order valence-electron chi connectivity index (χ4n) is 4.07. The van der Waals surface area contributed by atoms with E-state index < -0.39 is 17.7 Å². The number of phenols is 1. The minimum atomic E-state index is -0.849. The lowest BCUT2D eigenvalue weighted by atomic mass is 9.94. The molecule has 35 heavy (non-hydrogen) atoms.